The first-order chi connectivity index (χ1) is 8.17. The van der Waals surface area contributed by atoms with E-state index in [2.05, 4.69) is 22.2 Å². The highest BCUT2D eigenvalue weighted by molar-refractivity contribution is 5.79. The number of phenolic OH excluding ortho intramolecular Hbond substituents is 1. The third-order valence-electron chi connectivity index (χ3n) is 2.11. The van der Waals surface area contributed by atoms with Gasteiger partial charge in [-0.15, -0.1) is 6.58 Å². The number of benzene rings is 1. The summed E-state index contributed by atoms with van der Waals surface area (Å²) in [6.45, 7) is 4.61. The Labute approximate surface area is 99.9 Å². The van der Waals surface area contributed by atoms with Gasteiger partial charge >= 0.3 is 0 Å². The Balaban J connectivity index is 2.54. The minimum atomic E-state index is -0.627. The fraction of sp³-hybridized carbons (Fsp3) is 0.250. The van der Waals surface area contributed by atoms with E-state index in [1.807, 2.05) is 0 Å². The van der Waals surface area contributed by atoms with Crippen molar-refractivity contribution >= 4 is 5.96 Å². The van der Waals surface area contributed by atoms with E-state index in [4.69, 9.17) is 5.11 Å². The Hall–Kier alpha value is -2.04. The zero-order valence-electron chi connectivity index (χ0n) is 9.70. The fourth-order valence-corrected chi connectivity index (χ4v) is 1.24. The summed E-state index contributed by atoms with van der Waals surface area (Å²) >= 11 is 0. The summed E-state index contributed by atoms with van der Waals surface area (Å²) in [5.41, 5.74) is 0.724. The van der Waals surface area contributed by atoms with Crippen LogP contribution in [0, 0.1) is 5.82 Å². The van der Waals surface area contributed by atoms with E-state index in [1.54, 1.807) is 19.2 Å². The zero-order chi connectivity index (χ0) is 12.7. The first-order valence-electron chi connectivity index (χ1n) is 5.20. The second-order valence-electron chi connectivity index (χ2n) is 3.38. The molecule has 0 aliphatic rings. The molecule has 0 atom stereocenters. The van der Waals surface area contributed by atoms with Crippen LogP contribution in [-0.4, -0.2) is 24.7 Å². The lowest BCUT2D eigenvalue weighted by Crippen LogP contribution is -2.36. The van der Waals surface area contributed by atoms with Crippen LogP contribution in [0.5, 0.6) is 5.75 Å². The predicted octanol–water partition coefficient (Wildman–Crippen LogP) is 1.38. The lowest BCUT2D eigenvalue weighted by molar-refractivity contribution is 0.431. The summed E-state index contributed by atoms with van der Waals surface area (Å²) < 4.78 is 13.1. The van der Waals surface area contributed by atoms with Crippen molar-refractivity contribution in [1.82, 2.24) is 10.6 Å². The molecule has 0 aliphatic heterocycles. The summed E-state index contributed by atoms with van der Waals surface area (Å²) in [4.78, 5) is 3.98. The van der Waals surface area contributed by atoms with Crippen LogP contribution in [0.3, 0.4) is 0 Å². The van der Waals surface area contributed by atoms with Crippen LogP contribution in [0.1, 0.15) is 5.56 Å². The maximum absolute atomic E-state index is 13.1. The van der Waals surface area contributed by atoms with Gasteiger partial charge in [-0.05, 0) is 17.7 Å². The van der Waals surface area contributed by atoms with Crippen molar-refractivity contribution in [2.24, 2.45) is 4.99 Å². The zero-order valence-corrected chi connectivity index (χ0v) is 9.70. The predicted molar refractivity (Wildman–Crippen MR) is 66.5 cm³/mol. The number of aliphatic imine (C=N–C) groups is 1. The molecule has 0 saturated carbocycles. The summed E-state index contributed by atoms with van der Waals surface area (Å²) in [6, 6.07) is 4.25. The third kappa shape index (κ3) is 4.14. The second-order valence-corrected chi connectivity index (χ2v) is 3.38. The molecule has 1 aromatic carbocycles. The minimum Gasteiger partial charge on any atom is -0.505 e. The molecule has 0 saturated heterocycles. The van der Waals surface area contributed by atoms with Gasteiger partial charge in [-0.3, -0.25) is 4.99 Å². The average Bonchev–Trinajstić information content (AvgIpc) is 2.34. The molecule has 0 amide bonds. The molecular weight excluding hydrogens is 221 g/mol. The summed E-state index contributed by atoms with van der Waals surface area (Å²) in [5.74, 6) is -0.361. The van der Waals surface area contributed by atoms with E-state index in [1.165, 1.54) is 12.1 Å². The van der Waals surface area contributed by atoms with Gasteiger partial charge in [-0.1, -0.05) is 12.1 Å². The van der Waals surface area contributed by atoms with Crippen LogP contribution < -0.4 is 10.6 Å². The molecule has 0 aliphatic carbocycles. The number of nitrogens with one attached hydrogen (secondary N) is 2. The molecule has 92 valence electrons. The molecule has 0 unspecified atom stereocenters. The standard InChI is InChI=1S/C12H16FN3O/c1-3-6-15-12(14-2)16-8-9-4-5-11(17)10(13)7-9/h3-5,7,17H,1,6,8H2,2H3,(H2,14,15,16). The van der Waals surface area contributed by atoms with Gasteiger partial charge in [0.15, 0.2) is 17.5 Å². The maximum Gasteiger partial charge on any atom is 0.191 e. The number of aromatic hydroxyl groups is 1. The van der Waals surface area contributed by atoms with Gasteiger partial charge < -0.3 is 15.7 Å². The molecule has 1 aromatic rings. The molecule has 0 aromatic heterocycles. The highest BCUT2D eigenvalue weighted by atomic mass is 19.1. The highest BCUT2D eigenvalue weighted by Gasteiger charge is 2.02. The van der Waals surface area contributed by atoms with Gasteiger partial charge in [0.1, 0.15) is 0 Å². The molecule has 0 bridgehead atoms. The largest absolute Gasteiger partial charge is 0.505 e. The fourth-order valence-electron chi connectivity index (χ4n) is 1.24. The molecule has 4 nitrogen and oxygen atoms in total. The number of nitrogens with zero attached hydrogens (tertiary/aromatic N) is 1. The molecular formula is C12H16FN3O. The van der Waals surface area contributed by atoms with Crippen LogP contribution in [0.2, 0.25) is 0 Å². The number of hydrogen-bond donors (Lipinski definition) is 3. The van der Waals surface area contributed by atoms with Crippen molar-refractivity contribution in [3.63, 3.8) is 0 Å². The van der Waals surface area contributed by atoms with E-state index in [-0.39, 0.29) is 5.75 Å². The minimum absolute atomic E-state index is 0.345. The molecule has 3 N–H and O–H groups in total. The Bertz CT molecular complexity index is 418. The second kappa shape index (κ2) is 6.52. The highest BCUT2D eigenvalue weighted by Crippen LogP contribution is 2.15. The van der Waals surface area contributed by atoms with Crippen LogP contribution in [0.4, 0.5) is 4.39 Å². The smallest absolute Gasteiger partial charge is 0.191 e. The lowest BCUT2D eigenvalue weighted by atomic mass is 10.2. The molecule has 0 fully saturated rings. The normalized spacial score (nSPS) is 11.1. The van der Waals surface area contributed by atoms with Crippen molar-refractivity contribution in [1.29, 1.82) is 0 Å². The number of phenols is 1. The topological polar surface area (TPSA) is 56.7 Å². The van der Waals surface area contributed by atoms with E-state index < -0.39 is 5.82 Å². The van der Waals surface area contributed by atoms with E-state index >= 15 is 0 Å². The Morgan fingerprint density at radius 3 is 2.88 bits per heavy atom. The Kier molecular flexibility index (Phi) is 5.00. The van der Waals surface area contributed by atoms with Gasteiger partial charge in [-0.2, -0.15) is 0 Å². The molecule has 0 heterocycles. The average molecular weight is 237 g/mol. The first kappa shape index (κ1) is 13.0. The SMILES string of the molecule is C=CCNC(=NC)NCc1ccc(O)c(F)c1. The van der Waals surface area contributed by atoms with Crippen LogP contribution in [0.15, 0.2) is 35.8 Å². The van der Waals surface area contributed by atoms with Crippen molar-refractivity contribution in [2.75, 3.05) is 13.6 Å². The van der Waals surface area contributed by atoms with Crippen molar-refractivity contribution in [3.8, 4) is 5.75 Å². The van der Waals surface area contributed by atoms with E-state index in [0.717, 1.165) is 5.56 Å². The number of rotatable bonds is 4. The number of guanidine groups is 1. The molecule has 5 heteroatoms. The molecule has 0 spiro atoms. The Morgan fingerprint density at radius 2 is 2.29 bits per heavy atom. The quantitative estimate of drug-likeness (QED) is 0.421. The van der Waals surface area contributed by atoms with Crippen molar-refractivity contribution < 1.29 is 9.50 Å². The van der Waals surface area contributed by atoms with E-state index in [9.17, 15) is 4.39 Å². The summed E-state index contributed by atoms with van der Waals surface area (Å²) in [6.07, 6.45) is 1.72. The third-order valence-corrected chi connectivity index (χ3v) is 2.11. The summed E-state index contributed by atoms with van der Waals surface area (Å²) in [5, 5.41) is 15.0. The monoisotopic (exact) mass is 237 g/mol. The molecule has 1 rings (SSSR count). The van der Waals surface area contributed by atoms with Crippen LogP contribution in [-0.2, 0) is 6.54 Å². The molecule has 0 radical (unpaired) electrons. The maximum atomic E-state index is 13.1. The van der Waals surface area contributed by atoms with Gasteiger partial charge in [0.05, 0.1) is 0 Å². The summed E-state index contributed by atoms with van der Waals surface area (Å²) in [7, 11) is 1.65. The Morgan fingerprint density at radius 1 is 1.53 bits per heavy atom. The van der Waals surface area contributed by atoms with Gasteiger partial charge in [-0.25, -0.2) is 4.39 Å². The van der Waals surface area contributed by atoms with Gasteiger partial charge in [0, 0.05) is 20.1 Å². The van der Waals surface area contributed by atoms with Gasteiger partial charge in [0.2, 0.25) is 0 Å². The number of hydrogen-bond acceptors (Lipinski definition) is 2. The van der Waals surface area contributed by atoms with Gasteiger partial charge in [0.25, 0.3) is 0 Å². The van der Waals surface area contributed by atoms with E-state index in [0.29, 0.717) is 19.0 Å². The number of halogens is 1. The van der Waals surface area contributed by atoms with Crippen LogP contribution in [0.25, 0.3) is 0 Å². The van der Waals surface area contributed by atoms with Crippen molar-refractivity contribution in [2.45, 2.75) is 6.54 Å². The van der Waals surface area contributed by atoms with Crippen molar-refractivity contribution in [3.05, 3.63) is 42.2 Å². The lowest BCUT2D eigenvalue weighted by Gasteiger charge is -2.10. The first-order valence-corrected chi connectivity index (χ1v) is 5.20. The van der Waals surface area contributed by atoms with Crippen LogP contribution >= 0.6 is 0 Å². The molecule has 17 heavy (non-hydrogen) atoms.